The molecule has 3 saturated heterocycles. The summed E-state index contributed by atoms with van der Waals surface area (Å²) in [5.74, 6) is 0.957. The molecule has 7 heteroatoms. The van der Waals surface area contributed by atoms with Crippen molar-refractivity contribution in [3.63, 3.8) is 0 Å². The summed E-state index contributed by atoms with van der Waals surface area (Å²) >= 11 is 0. The molecule has 0 bridgehead atoms. The molecule has 3 aliphatic rings. The first-order valence-corrected chi connectivity index (χ1v) is 11.7. The summed E-state index contributed by atoms with van der Waals surface area (Å²) in [5.41, 5.74) is 0. The smallest absolute Gasteiger partial charge is 0.262 e. The van der Waals surface area contributed by atoms with Crippen LogP contribution in [0, 0.1) is 11.8 Å². The van der Waals surface area contributed by atoms with Crippen LogP contribution in [0.2, 0.25) is 0 Å². The van der Waals surface area contributed by atoms with E-state index < -0.39 is 10.0 Å². The maximum absolute atomic E-state index is 13.4. The van der Waals surface area contributed by atoms with Gasteiger partial charge in [0.05, 0.1) is 6.33 Å². The van der Waals surface area contributed by atoms with E-state index in [1.807, 2.05) is 11.4 Å². The van der Waals surface area contributed by atoms with Crippen molar-refractivity contribution in [1.82, 2.24) is 18.8 Å². The molecule has 4 heterocycles. The monoisotopic (exact) mass is 380 g/mol. The third-order valence-corrected chi connectivity index (χ3v) is 8.51. The van der Waals surface area contributed by atoms with Gasteiger partial charge in [-0.1, -0.05) is 19.8 Å². The number of hydrogen-bond acceptors (Lipinski definition) is 4. The summed E-state index contributed by atoms with van der Waals surface area (Å²) in [6, 6.07) is 0.721. The van der Waals surface area contributed by atoms with Gasteiger partial charge in [-0.25, -0.2) is 13.4 Å². The topological polar surface area (TPSA) is 58.4 Å². The molecule has 146 valence electrons. The van der Waals surface area contributed by atoms with Crippen molar-refractivity contribution in [3.05, 3.63) is 12.5 Å². The number of hydrogen-bond donors (Lipinski definition) is 0. The molecular weight excluding hydrogens is 348 g/mol. The number of rotatable bonds is 5. The van der Waals surface area contributed by atoms with E-state index >= 15 is 0 Å². The highest BCUT2D eigenvalue weighted by molar-refractivity contribution is 7.89. The molecule has 0 amide bonds. The maximum Gasteiger partial charge on any atom is 0.262 e. The number of imidazole rings is 1. The minimum atomic E-state index is -3.52. The average Bonchev–Trinajstić information content (AvgIpc) is 3.08. The molecule has 0 N–H and O–H groups in total. The van der Waals surface area contributed by atoms with Gasteiger partial charge in [-0.2, -0.15) is 4.31 Å². The molecular formula is C19H32N4O2S. The second kappa shape index (κ2) is 7.24. The molecule has 4 atom stereocenters. The van der Waals surface area contributed by atoms with Crippen molar-refractivity contribution >= 4 is 10.0 Å². The Morgan fingerprint density at radius 3 is 2.69 bits per heavy atom. The minimum absolute atomic E-state index is 0.129. The van der Waals surface area contributed by atoms with Crippen molar-refractivity contribution in [2.24, 2.45) is 18.9 Å². The van der Waals surface area contributed by atoms with E-state index in [0.29, 0.717) is 24.4 Å². The highest BCUT2D eigenvalue weighted by Gasteiger charge is 2.51. The van der Waals surface area contributed by atoms with E-state index in [2.05, 4.69) is 16.8 Å². The first kappa shape index (κ1) is 18.4. The predicted octanol–water partition coefficient (Wildman–Crippen LogP) is 2.47. The van der Waals surface area contributed by atoms with Crippen LogP contribution in [-0.2, 0) is 17.1 Å². The highest BCUT2D eigenvalue weighted by atomic mass is 32.2. The third kappa shape index (κ3) is 3.12. The molecule has 0 saturated carbocycles. The molecule has 3 aliphatic heterocycles. The average molecular weight is 381 g/mol. The van der Waals surface area contributed by atoms with E-state index in [-0.39, 0.29) is 11.1 Å². The van der Waals surface area contributed by atoms with Crippen molar-refractivity contribution < 1.29 is 8.42 Å². The number of nitrogens with zero attached hydrogens (tertiary/aromatic N) is 4. The fourth-order valence-electron chi connectivity index (χ4n) is 5.65. The van der Waals surface area contributed by atoms with E-state index in [9.17, 15) is 8.42 Å². The lowest BCUT2D eigenvalue weighted by atomic mass is 9.70. The van der Waals surface area contributed by atoms with Crippen LogP contribution in [0.15, 0.2) is 17.6 Å². The summed E-state index contributed by atoms with van der Waals surface area (Å²) in [7, 11) is -1.70. The number of sulfonamides is 1. The fraction of sp³-hybridized carbons (Fsp3) is 0.842. The quantitative estimate of drug-likeness (QED) is 0.787. The van der Waals surface area contributed by atoms with Gasteiger partial charge in [0, 0.05) is 31.9 Å². The van der Waals surface area contributed by atoms with Gasteiger partial charge in [-0.3, -0.25) is 4.90 Å². The third-order valence-electron chi connectivity index (χ3n) is 6.73. The van der Waals surface area contributed by atoms with Crippen LogP contribution < -0.4 is 0 Å². The lowest BCUT2D eigenvalue weighted by Crippen LogP contribution is -2.65. The molecule has 26 heavy (non-hydrogen) atoms. The normalized spacial score (nSPS) is 33.2. The zero-order chi connectivity index (χ0) is 18.3. The van der Waals surface area contributed by atoms with Gasteiger partial charge >= 0.3 is 0 Å². The SMILES string of the molecule is CCCC[C@@H]1[C@H]2CCCN3CCC[C@@H](CN1S(=O)(=O)c1cn(C)cn1)[C@@H]23. The molecule has 0 radical (unpaired) electrons. The zero-order valence-corrected chi connectivity index (χ0v) is 16.9. The van der Waals surface area contributed by atoms with Crippen LogP contribution in [0.3, 0.4) is 0 Å². The standard InChI is InChI=1S/C19H32N4O2S/c1-3-4-9-17-16-8-6-11-22-10-5-7-15(19(16)22)12-23(17)26(24,25)18-13-21(2)14-20-18/h13-17,19H,3-12H2,1-2H3/t15-,16+,17+,19-/m0/s1. The minimum Gasteiger partial charge on any atom is -0.339 e. The van der Waals surface area contributed by atoms with Gasteiger partial charge in [-0.15, -0.1) is 0 Å². The molecule has 1 aromatic heterocycles. The molecule has 3 fully saturated rings. The molecule has 4 rings (SSSR count). The number of aryl methyl sites for hydroxylation is 1. The van der Waals surface area contributed by atoms with E-state index in [0.717, 1.165) is 25.7 Å². The number of unbranched alkanes of at least 4 members (excludes halogenated alkanes) is 1. The Kier molecular flexibility index (Phi) is 5.14. The van der Waals surface area contributed by atoms with Gasteiger partial charge in [-0.05, 0) is 57.0 Å². The molecule has 0 unspecified atom stereocenters. The van der Waals surface area contributed by atoms with Crippen LogP contribution in [0.4, 0.5) is 0 Å². The summed E-state index contributed by atoms with van der Waals surface area (Å²) < 4.78 is 30.5. The largest absolute Gasteiger partial charge is 0.339 e. The molecule has 6 nitrogen and oxygen atoms in total. The Hall–Kier alpha value is -0.920. The van der Waals surface area contributed by atoms with Crippen LogP contribution in [0.25, 0.3) is 0 Å². The Labute approximate surface area is 157 Å². The van der Waals surface area contributed by atoms with Crippen LogP contribution in [0.5, 0.6) is 0 Å². The first-order valence-electron chi connectivity index (χ1n) is 10.3. The van der Waals surface area contributed by atoms with E-state index in [4.69, 9.17) is 0 Å². The van der Waals surface area contributed by atoms with Gasteiger partial charge in [0.2, 0.25) is 0 Å². The van der Waals surface area contributed by atoms with Crippen LogP contribution in [0.1, 0.15) is 51.9 Å². The Bertz CT molecular complexity index is 730. The highest BCUT2D eigenvalue weighted by Crippen LogP contribution is 2.44. The summed E-state index contributed by atoms with van der Waals surface area (Å²) in [5, 5.41) is 0.212. The molecule has 0 aromatic carbocycles. The Morgan fingerprint density at radius 1 is 1.23 bits per heavy atom. The molecule has 0 spiro atoms. The lowest BCUT2D eigenvalue weighted by molar-refractivity contribution is -0.0524. The Balaban J connectivity index is 1.69. The first-order chi connectivity index (χ1) is 12.5. The van der Waals surface area contributed by atoms with Gasteiger partial charge in [0.15, 0.2) is 5.03 Å². The second-order valence-corrected chi connectivity index (χ2v) is 10.2. The summed E-state index contributed by atoms with van der Waals surface area (Å²) in [6.45, 7) is 5.26. The van der Waals surface area contributed by atoms with Crippen molar-refractivity contribution in [3.8, 4) is 0 Å². The number of piperidine rings is 3. The Morgan fingerprint density at radius 2 is 2.00 bits per heavy atom. The van der Waals surface area contributed by atoms with Gasteiger partial charge < -0.3 is 4.57 Å². The predicted molar refractivity (Wildman–Crippen MR) is 101 cm³/mol. The second-order valence-electron chi connectivity index (χ2n) is 8.40. The fourth-order valence-corrected chi connectivity index (χ4v) is 7.37. The summed E-state index contributed by atoms with van der Waals surface area (Å²) in [6.07, 6.45) is 11.1. The molecule has 0 aliphatic carbocycles. The maximum atomic E-state index is 13.4. The van der Waals surface area contributed by atoms with Crippen molar-refractivity contribution in [2.75, 3.05) is 19.6 Å². The lowest BCUT2D eigenvalue weighted by Gasteiger charge is -2.57. The van der Waals surface area contributed by atoms with Crippen molar-refractivity contribution in [1.29, 1.82) is 0 Å². The zero-order valence-electron chi connectivity index (χ0n) is 16.0. The number of aromatic nitrogens is 2. The van der Waals surface area contributed by atoms with Gasteiger partial charge in [0.1, 0.15) is 0 Å². The van der Waals surface area contributed by atoms with E-state index in [1.165, 1.54) is 32.4 Å². The molecule has 1 aromatic rings. The van der Waals surface area contributed by atoms with Crippen LogP contribution in [-0.4, -0.2) is 58.9 Å². The van der Waals surface area contributed by atoms with Crippen LogP contribution >= 0.6 is 0 Å². The van der Waals surface area contributed by atoms with E-state index in [1.54, 1.807) is 17.1 Å². The van der Waals surface area contributed by atoms with Crippen molar-refractivity contribution in [2.45, 2.75) is 69.0 Å². The summed E-state index contributed by atoms with van der Waals surface area (Å²) in [4.78, 5) is 6.86. The van der Waals surface area contributed by atoms with Gasteiger partial charge in [0.25, 0.3) is 10.0 Å².